The highest BCUT2D eigenvalue weighted by Crippen LogP contribution is 2.33. The largest absolute Gasteiger partial charge is 0.335 e. The van der Waals surface area contributed by atoms with E-state index in [1.165, 1.54) is 0 Å². The maximum Gasteiger partial charge on any atom is 0.254 e. The molecule has 3 nitrogen and oxygen atoms in total. The first-order valence-corrected chi connectivity index (χ1v) is 7.23. The Bertz CT molecular complexity index is 517. The Kier molecular flexibility index (Phi) is 3.27. The fourth-order valence-electron chi connectivity index (χ4n) is 3.33. The van der Waals surface area contributed by atoms with Crippen LogP contribution < -0.4 is 5.32 Å². The van der Waals surface area contributed by atoms with Gasteiger partial charge in [0.05, 0.1) is 0 Å². The van der Waals surface area contributed by atoms with Crippen LogP contribution in [0.15, 0.2) is 18.2 Å². The minimum absolute atomic E-state index is 0.115. The number of aryl methyl sites for hydroxylation is 1. The monoisotopic (exact) mass is 278 g/mol. The van der Waals surface area contributed by atoms with Crippen LogP contribution in [0.2, 0.25) is 5.02 Å². The molecule has 0 aliphatic carbocycles. The van der Waals surface area contributed by atoms with Gasteiger partial charge in [0.25, 0.3) is 5.91 Å². The van der Waals surface area contributed by atoms with Crippen molar-refractivity contribution < 1.29 is 4.79 Å². The molecular weight excluding hydrogens is 260 g/mol. The van der Waals surface area contributed by atoms with Gasteiger partial charge in [-0.3, -0.25) is 4.79 Å². The number of nitrogens with zero attached hydrogens (tertiary/aromatic N) is 1. The topological polar surface area (TPSA) is 32.3 Å². The van der Waals surface area contributed by atoms with E-state index in [4.69, 9.17) is 11.6 Å². The van der Waals surface area contributed by atoms with E-state index < -0.39 is 0 Å². The van der Waals surface area contributed by atoms with Crippen molar-refractivity contribution in [1.29, 1.82) is 0 Å². The number of hydrogen-bond acceptors (Lipinski definition) is 2. The summed E-state index contributed by atoms with van der Waals surface area (Å²) in [7, 11) is 0. The van der Waals surface area contributed by atoms with Crippen LogP contribution in [-0.2, 0) is 0 Å². The highest BCUT2D eigenvalue weighted by atomic mass is 35.5. The fourth-order valence-corrected chi connectivity index (χ4v) is 3.51. The predicted octanol–water partition coefficient (Wildman–Crippen LogP) is 2.33. The number of likely N-dealkylation sites (tertiary alicyclic amines) is 1. The molecule has 19 heavy (non-hydrogen) atoms. The van der Waals surface area contributed by atoms with Gasteiger partial charge in [-0.15, -0.1) is 0 Å². The Balaban J connectivity index is 1.82. The molecule has 1 aromatic rings. The molecule has 0 aromatic heterocycles. The zero-order valence-corrected chi connectivity index (χ0v) is 12.1. The second-order valence-electron chi connectivity index (χ2n) is 5.74. The van der Waals surface area contributed by atoms with Gasteiger partial charge in [-0.2, -0.15) is 0 Å². The molecule has 2 aliphatic heterocycles. The van der Waals surface area contributed by atoms with Crippen LogP contribution in [0.1, 0.15) is 22.8 Å². The number of hydrogen-bond donors (Lipinski definition) is 1. The molecule has 1 aromatic carbocycles. The van der Waals surface area contributed by atoms with Crippen molar-refractivity contribution in [3.8, 4) is 0 Å². The fraction of sp³-hybridized carbons (Fsp3) is 0.533. The number of amides is 1. The normalized spacial score (nSPS) is 29.6. The van der Waals surface area contributed by atoms with Gasteiger partial charge in [0.1, 0.15) is 0 Å². The Hall–Kier alpha value is -1.06. The van der Waals surface area contributed by atoms with E-state index >= 15 is 0 Å². The van der Waals surface area contributed by atoms with E-state index in [9.17, 15) is 4.79 Å². The molecule has 2 fully saturated rings. The summed E-state index contributed by atoms with van der Waals surface area (Å²) < 4.78 is 0. The van der Waals surface area contributed by atoms with E-state index in [2.05, 4.69) is 12.2 Å². The van der Waals surface area contributed by atoms with Gasteiger partial charge in [-0.1, -0.05) is 17.7 Å². The highest BCUT2D eigenvalue weighted by molar-refractivity contribution is 6.31. The molecule has 0 bridgehead atoms. The first-order valence-electron chi connectivity index (χ1n) is 6.86. The number of fused-ring (bicyclic) bond motifs is 1. The molecule has 0 spiro atoms. The summed E-state index contributed by atoms with van der Waals surface area (Å²) in [6.07, 6.45) is 0. The van der Waals surface area contributed by atoms with Gasteiger partial charge in [0.15, 0.2) is 0 Å². The summed E-state index contributed by atoms with van der Waals surface area (Å²) in [6.45, 7) is 7.04. The number of carbonyl (C=O) groups excluding carboxylic acids is 1. The van der Waals surface area contributed by atoms with E-state index in [1.54, 1.807) is 6.07 Å². The maximum atomic E-state index is 12.6. The SMILES string of the molecule is Cc1ccc(C(=O)N2CC3CNCC3C2C)cc1Cl. The van der Waals surface area contributed by atoms with Crippen LogP contribution in [0.25, 0.3) is 0 Å². The van der Waals surface area contributed by atoms with Gasteiger partial charge < -0.3 is 10.2 Å². The molecule has 2 saturated heterocycles. The summed E-state index contributed by atoms with van der Waals surface area (Å²) in [4.78, 5) is 14.6. The summed E-state index contributed by atoms with van der Waals surface area (Å²) in [6, 6.07) is 5.90. The smallest absolute Gasteiger partial charge is 0.254 e. The zero-order chi connectivity index (χ0) is 13.6. The number of benzene rings is 1. The number of nitrogens with one attached hydrogen (secondary N) is 1. The minimum atomic E-state index is 0.115. The molecule has 2 heterocycles. The van der Waals surface area contributed by atoms with Crippen molar-refractivity contribution in [1.82, 2.24) is 10.2 Å². The van der Waals surface area contributed by atoms with Crippen molar-refractivity contribution in [2.75, 3.05) is 19.6 Å². The van der Waals surface area contributed by atoms with Crippen LogP contribution >= 0.6 is 11.6 Å². The standard InChI is InChI=1S/C15H19ClN2O/c1-9-3-4-11(5-14(9)16)15(19)18-8-12-6-17-7-13(12)10(18)2/h3-5,10,12-13,17H,6-8H2,1-2H3. The summed E-state index contributed by atoms with van der Waals surface area (Å²) in [5.74, 6) is 1.33. The summed E-state index contributed by atoms with van der Waals surface area (Å²) in [5, 5.41) is 4.08. The molecule has 1 N–H and O–H groups in total. The Morgan fingerprint density at radius 3 is 2.89 bits per heavy atom. The Morgan fingerprint density at radius 1 is 1.42 bits per heavy atom. The van der Waals surface area contributed by atoms with Crippen LogP contribution in [0.4, 0.5) is 0 Å². The molecule has 102 valence electrons. The van der Waals surface area contributed by atoms with Gasteiger partial charge in [-0.05, 0) is 43.4 Å². The molecule has 4 heteroatoms. The first kappa shape index (κ1) is 12.9. The van der Waals surface area contributed by atoms with Crippen LogP contribution in [0.5, 0.6) is 0 Å². The van der Waals surface area contributed by atoms with Crippen molar-refractivity contribution in [3.63, 3.8) is 0 Å². The van der Waals surface area contributed by atoms with E-state index in [-0.39, 0.29) is 5.91 Å². The van der Waals surface area contributed by atoms with Crippen LogP contribution in [0.3, 0.4) is 0 Å². The molecule has 1 amide bonds. The van der Waals surface area contributed by atoms with Crippen molar-refractivity contribution in [3.05, 3.63) is 34.3 Å². The van der Waals surface area contributed by atoms with Gasteiger partial charge >= 0.3 is 0 Å². The number of halogens is 1. The summed E-state index contributed by atoms with van der Waals surface area (Å²) in [5.41, 5.74) is 1.71. The number of carbonyl (C=O) groups is 1. The highest BCUT2D eigenvalue weighted by Gasteiger charge is 2.43. The van der Waals surface area contributed by atoms with Gasteiger partial charge in [0.2, 0.25) is 0 Å². The first-order chi connectivity index (χ1) is 9.08. The summed E-state index contributed by atoms with van der Waals surface area (Å²) >= 11 is 6.12. The third-order valence-corrected chi connectivity index (χ3v) is 5.02. The average Bonchev–Trinajstić information content (AvgIpc) is 2.95. The molecule has 3 unspecified atom stereocenters. The third kappa shape index (κ3) is 2.15. The lowest BCUT2D eigenvalue weighted by Crippen LogP contribution is -2.38. The lowest BCUT2D eigenvalue weighted by atomic mass is 9.95. The molecule has 0 radical (unpaired) electrons. The molecule has 3 atom stereocenters. The molecular formula is C15H19ClN2O. The lowest BCUT2D eigenvalue weighted by Gasteiger charge is -2.24. The second kappa shape index (κ2) is 4.80. The molecule has 3 rings (SSSR count). The Morgan fingerprint density at radius 2 is 2.21 bits per heavy atom. The zero-order valence-electron chi connectivity index (χ0n) is 11.3. The third-order valence-electron chi connectivity index (χ3n) is 4.61. The van der Waals surface area contributed by atoms with E-state index in [0.29, 0.717) is 28.5 Å². The second-order valence-corrected chi connectivity index (χ2v) is 6.15. The van der Waals surface area contributed by atoms with Crippen molar-refractivity contribution in [2.45, 2.75) is 19.9 Å². The minimum Gasteiger partial charge on any atom is -0.335 e. The Labute approximate surface area is 118 Å². The molecule has 2 aliphatic rings. The van der Waals surface area contributed by atoms with Crippen molar-refractivity contribution >= 4 is 17.5 Å². The molecule has 0 saturated carbocycles. The van der Waals surface area contributed by atoms with Gasteiger partial charge in [-0.25, -0.2) is 0 Å². The maximum absolute atomic E-state index is 12.6. The predicted molar refractivity (Wildman–Crippen MR) is 76.5 cm³/mol. The van der Waals surface area contributed by atoms with Crippen LogP contribution in [-0.4, -0.2) is 36.5 Å². The van der Waals surface area contributed by atoms with E-state index in [0.717, 1.165) is 25.2 Å². The van der Waals surface area contributed by atoms with Gasteiger partial charge in [0, 0.05) is 36.3 Å². The average molecular weight is 279 g/mol. The quantitative estimate of drug-likeness (QED) is 0.855. The van der Waals surface area contributed by atoms with Crippen molar-refractivity contribution in [2.24, 2.45) is 11.8 Å². The lowest BCUT2D eigenvalue weighted by molar-refractivity contribution is 0.0728. The van der Waals surface area contributed by atoms with Crippen LogP contribution in [0, 0.1) is 18.8 Å². The number of rotatable bonds is 1. The van der Waals surface area contributed by atoms with E-state index in [1.807, 2.05) is 24.0 Å².